The number of methoxy groups -OCH3 is 1. The van der Waals surface area contributed by atoms with E-state index < -0.39 is 0 Å². The highest BCUT2D eigenvalue weighted by atomic mass is 16.5. The smallest absolute Gasteiger partial charge is 0.255 e. The number of aryl methyl sites for hydroxylation is 1. The van der Waals surface area contributed by atoms with Gasteiger partial charge in [0.15, 0.2) is 0 Å². The first kappa shape index (κ1) is 18.0. The first-order chi connectivity index (χ1) is 12.4. The molecule has 2 aromatic rings. The third-order valence-electron chi connectivity index (χ3n) is 5.18. The maximum absolute atomic E-state index is 12.8. The zero-order chi connectivity index (χ0) is 18.8. The van der Waals surface area contributed by atoms with E-state index in [-0.39, 0.29) is 11.8 Å². The predicted octanol–water partition coefficient (Wildman–Crippen LogP) is 2.25. The second kappa shape index (κ2) is 7.23. The number of hydrogen-bond donors (Lipinski definition) is 0. The Balaban J connectivity index is 1.66. The highest BCUT2D eigenvalue weighted by Crippen LogP contribution is 2.19. The first-order valence-electron chi connectivity index (χ1n) is 8.78. The molecule has 0 spiro atoms. The summed E-state index contributed by atoms with van der Waals surface area (Å²) in [5.41, 5.74) is 3.40. The summed E-state index contributed by atoms with van der Waals surface area (Å²) in [6.45, 7) is 6.11. The summed E-state index contributed by atoms with van der Waals surface area (Å²) in [4.78, 5) is 29.1. The number of ether oxygens (including phenoxy) is 1. The Bertz CT molecular complexity index is 833. The van der Waals surface area contributed by atoms with Crippen LogP contribution >= 0.6 is 0 Å². The van der Waals surface area contributed by atoms with Gasteiger partial charge in [-0.1, -0.05) is 6.07 Å². The van der Waals surface area contributed by atoms with Gasteiger partial charge in [0.1, 0.15) is 5.75 Å². The van der Waals surface area contributed by atoms with E-state index in [0.717, 1.165) is 17.0 Å². The van der Waals surface area contributed by atoms with Crippen LogP contribution in [0, 0.1) is 13.8 Å². The van der Waals surface area contributed by atoms with Crippen molar-refractivity contribution in [3.05, 3.63) is 52.8 Å². The maximum Gasteiger partial charge on any atom is 0.255 e. The molecule has 0 N–H and O–H groups in total. The second-order valence-electron chi connectivity index (χ2n) is 6.66. The number of rotatable bonds is 3. The topological polar surface area (TPSA) is 54.8 Å². The highest BCUT2D eigenvalue weighted by molar-refractivity contribution is 5.97. The number of carbonyl (C=O) groups is 2. The predicted molar refractivity (Wildman–Crippen MR) is 99.7 cm³/mol. The molecule has 1 aromatic carbocycles. The molecule has 1 aliphatic heterocycles. The molecule has 1 fully saturated rings. The molecule has 138 valence electrons. The average molecular weight is 355 g/mol. The lowest BCUT2D eigenvalue weighted by Crippen LogP contribution is -2.50. The molecule has 2 heterocycles. The lowest BCUT2D eigenvalue weighted by Gasteiger charge is -2.35. The molecule has 0 aliphatic carbocycles. The van der Waals surface area contributed by atoms with Crippen molar-refractivity contribution in [1.29, 1.82) is 0 Å². The highest BCUT2D eigenvalue weighted by Gasteiger charge is 2.27. The Kier molecular flexibility index (Phi) is 5.02. The summed E-state index contributed by atoms with van der Waals surface area (Å²) in [6, 6.07) is 9.10. The van der Waals surface area contributed by atoms with Gasteiger partial charge in [-0.2, -0.15) is 0 Å². The maximum atomic E-state index is 12.8. The van der Waals surface area contributed by atoms with Crippen molar-refractivity contribution in [1.82, 2.24) is 14.4 Å². The number of nitrogens with zero attached hydrogens (tertiary/aromatic N) is 3. The van der Waals surface area contributed by atoms with Crippen LogP contribution in [0.25, 0.3) is 0 Å². The Hall–Kier alpha value is -2.76. The first-order valence-corrected chi connectivity index (χ1v) is 8.78. The zero-order valence-corrected chi connectivity index (χ0v) is 15.8. The van der Waals surface area contributed by atoms with Crippen molar-refractivity contribution in [3.8, 4) is 5.75 Å². The van der Waals surface area contributed by atoms with Crippen LogP contribution < -0.4 is 4.74 Å². The van der Waals surface area contributed by atoms with Gasteiger partial charge in [0, 0.05) is 50.2 Å². The molecule has 0 atom stereocenters. The van der Waals surface area contributed by atoms with Crippen LogP contribution in [0.5, 0.6) is 5.75 Å². The summed E-state index contributed by atoms with van der Waals surface area (Å²) in [5, 5.41) is 0. The molecule has 6 heteroatoms. The van der Waals surface area contributed by atoms with Gasteiger partial charge in [-0.15, -0.1) is 0 Å². The van der Waals surface area contributed by atoms with Crippen molar-refractivity contribution in [3.63, 3.8) is 0 Å². The van der Waals surface area contributed by atoms with E-state index in [1.165, 1.54) is 0 Å². The third-order valence-corrected chi connectivity index (χ3v) is 5.18. The largest absolute Gasteiger partial charge is 0.497 e. The zero-order valence-electron chi connectivity index (χ0n) is 15.8. The molecule has 1 aromatic heterocycles. The van der Waals surface area contributed by atoms with Crippen LogP contribution in [0.4, 0.5) is 0 Å². The van der Waals surface area contributed by atoms with Crippen LogP contribution in [-0.2, 0) is 7.05 Å². The number of piperazine rings is 1. The summed E-state index contributed by atoms with van der Waals surface area (Å²) in [5.74, 6) is 0.682. The lowest BCUT2D eigenvalue weighted by molar-refractivity contribution is 0.0535. The standard InChI is InChI=1S/C20H25N3O3/c1-14-12-18(15(2)21(14)3)20(25)23-10-8-22(9-11-23)19(24)16-6-5-7-17(13-16)26-4/h5-7,12-13H,8-11H2,1-4H3. The molecular formula is C20H25N3O3. The SMILES string of the molecule is COc1cccc(C(=O)N2CCN(C(=O)c3cc(C)n(C)c3C)CC2)c1. The van der Waals surface area contributed by atoms with Crippen molar-refractivity contribution in [2.24, 2.45) is 7.05 Å². The van der Waals surface area contributed by atoms with Crippen LogP contribution in [0.2, 0.25) is 0 Å². The number of amides is 2. The van der Waals surface area contributed by atoms with E-state index in [2.05, 4.69) is 0 Å². The number of aromatic nitrogens is 1. The van der Waals surface area contributed by atoms with Gasteiger partial charge in [-0.05, 0) is 38.1 Å². The lowest BCUT2D eigenvalue weighted by atomic mass is 10.1. The van der Waals surface area contributed by atoms with E-state index in [0.29, 0.717) is 37.5 Å². The quantitative estimate of drug-likeness (QED) is 0.849. The normalized spacial score (nSPS) is 14.5. The van der Waals surface area contributed by atoms with Crippen molar-refractivity contribution in [2.45, 2.75) is 13.8 Å². The molecule has 1 aliphatic rings. The fourth-order valence-electron chi connectivity index (χ4n) is 3.29. The van der Waals surface area contributed by atoms with Gasteiger partial charge in [0.05, 0.1) is 12.7 Å². The average Bonchev–Trinajstić information content (AvgIpc) is 2.94. The molecule has 2 amide bonds. The molecule has 0 unspecified atom stereocenters. The van der Waals surface area contributed by atoms with E-state index in [1.807, 2.05) is 48.6 Å². The fraction of sp³-hybridized carbons (Fsp3) is 0.400. The van der Waals surface area contributed by atoms with Gasteiger partial charge in [-0.25, -0.2) is 0 Å². The van der Waals surface area contributed by atoms with Crippen molar-refractivity contribution in [2.75, 3.05) is 33.3 Å². The van der Waals surface area contributed by atoms with Gasteiger partial charge in [0.25, 0.3) is 11.8 Å². The fourth-order valence-corrected chi connectivity index (χ4v) is 3.29. The molecule has 3 rings (SSSR count). The Labute approximate surface area is 154 Å². The third kappa shape index (κ3) is 3.31. The monoisotopic (exact) mass is 355 g/mol. The second-order valence-corrected chi connectivity index (χ2v) is 6.66. The Morgan fingerprint density at radius 3 is 2.12 bits per heavy atom. The molecule has 0 bridgehead atoms. The molecule has 26 heavy (non-hydrogen) atoms. The van der Waals surface area contributed by atoms with Gasteiger partial charge in [0.2, 0.25) is 0 Å². The molecule has 6 nitrogen and oxygen atoms in total. The van der Waals surface area contributed by atoms with Crippen molar-refractivity contribution < 1.29 is 14.3 Å². The molecule has 0 radical (unpaired) electrons. The Morgan fingerprint density at radius 2 is 1.58 bits per heavy atom. The molecular weight excluding hydrogens is 330 g/mol. The van der Waals surface area contributed by atoms with Crippen LogP contribution in [0.3, 0.4) is 0 Å². The van der Waals surface area contributed by atoms with E-state index in [9.17, 15) is 9.59 Å². The summed E-state index contributed by atoms with van der Waals surface area (Å²) in [7, 11) is 3.55. The molecule has 0 saturated carbocycles. The van der Waals surface area contributed by atoms with Gasteiger partial charge in [-0.3, -0.25) is 9.59 Å². The van der Waals surface area contributed by atoms with Crippen LogP contribution in [0.15, 0.2) is 30.3 Å². The van der Waals surface area contributed by atoms with Crippen molar-refractivity contribution >= 4 is 11.8 Å². The minimum absolute atomic E-state index is 0.0252. The summed E-state index contributed by atoms with van der Waals surface area (Å²) < 4.78 is 7.21. The van der Waals surface area contributed by atoms with E-state index >= 15 is 0 Å². The minimum Gasteiger partial charge on any atom is -0.497 e. The van der Waals surface area contributed by atoms with Crippen LogP contribution in [-0.4, -0.2) is 59.5 Å². The van der Waals surface area contributed by atoms with Gasteiger partial charge < -0.3 is 19.1 Å². The minimum atomic E-state index is -0.0252. The molecule has 1 saturated heterocycles. The van der Waals surface area contributed by atoms with E-state index in [4.69, 9.17) is 4.74 Å². The Morgan fingerprint density at radius 1 is 0.962 bits per heavy atom. The van der Waals surface area contributed by atoms with Gasteiger partial charge >= 0.3 is 0 Å². The van der Waals surface area contributed by atoms with E-state index in [1.54, 1.807) is 24.1 Å². The summed E-state index contributed by atoms with van der Waals surface area (Å²) >= 11 is 0. The van der Waals surface area contributed by atoms with Crippen LogP contribution in [0.1, 0.15) is 32.1 Å². The number of hydrogen-bond acceptors (Lipinski definition) is 3. The number of benzene rings is 1. The summed E-state index contributed by atoms with van der Waals surface area (Å²) in [6.07, 6.45) is 0. The number of carbonyl (C=O) groups excluding carboxylic acids is 2.